The summed E-state index contributed by atoms with van der Waals surface area (Å²) in [5.41, 5.74) is 4.02. The summed E-state index contributed by atoms with van der Waals surface area (Å²) in [4.78, 5) is 46.1. The Hall–Kier alpha value is -2.62. The number of hydrogen-bond acceptors (Lipinski definition) is 7. The summed E-state index contributed by atoms with van der Waals surface area (Å²) in [5, 5.41) is 6.52. The number of nitrogens with one attached hydrogen (secondary N) is 4. The Bertz CT molecular complexity index is 616. The zero-order valence-corrected chi connectivity index (χ0v) is 17.6. The molecule has 0 spiro atoms. The molecule has 0 saturated carbocycles. The van der Waals surface area contributed by atoms with Crippen molar-refractivity contribution in [2.24, 2.45) is 0 Å². The third-order valence-corrected chi connectivity index (χ3v) is 4.17. The topological polar surface area (TPSA) is 135 Å². The largest absolute Gasteiger partial charge is 0.459 e. The molecule has 1 aliphatic rings. The summed E-state index contributed by atoms with van der Waals surface area (Å²) in [6.45, 7) is 11.3. The second-order valence-corrected chi connectivity index (χ2v) is 8.25. The maximum atomic E-state index is 12.2. The van der Waals surface area contributed by atoms with E-state index in [0.717, 1.165) is 18.9 Å². The van der Waals surface area contributed by atoms with Crippen molar-refractivity contribution >= 4 is 23.9 Å². The van der Waals surface area contributed by atoms with Gasteiger partial charge in [-0.05, 0) is 40.5 Å². The van der Waals surface area contributed by atoms with Gasteiger partial charge in [-0.15, -0.1) is 0 Å². The molecule has 0 aromatic heterocycles. The van der Waals surface area contributed by atoms with Gasteiger partial charge in [-0.3, -0.25) is 15.0 Å². The third-order valence-electron chi connectivity index (χ3n) is 4.17. The second kappa shape index (κ2) is 10.8. The van der Waals surface area contributed by atoms with Gasteiger partial charge in [-0.25, -0.2) is 15.0 Å². The van der Waals surface area contributed by atoms with Gasteiger partial charge >= 0.3 is 12.1 Å². The average Bonchev–Trinajstić information content (AvgIpc) is 2.58. The molecule has 0 aromatic carbocycles. The van der Waals surface area contributed by atoms with Crippen LogP contribution in [-0.2, 0) is 23.9 Å². The molecule has 0 aromatic rings. The van der Waals surface area contributed by atoms with Gasteiger partial charge in [0.25, 0.3) is 0 Å². The van der Waals surface area contributed by atoms with E-state index in [-0.39, 0.29) is 49.1 Å². The number of esters is 1. The van der Waals surface area contributed by atoms with E-state index in [0.29, 0.717) is 0 Å². The van der Waals surface area contributed by atoms with Crippen molar-refractivity contribution in [3.05, 3.63) is 12.7 Å². The van der Waals surface area contributed by atoms with Crippen LogP contribution in [0.1, 0.15) is 53.4 Å². The number of hydrogen-bond donors (Lipinski definition) is 4. The molecule has 4 N–H and O–H groups in total. The van der Waals surface area contributed by atoms with Gasteiger partial charge in [0.15, 0.2) is 0 Å². The monoisotopic (exact) mass is 412 g/mol. The molecular formula is C19H32N4O6. The van der Waals surface area contributed by atoms with E-state index in [1.807, 2.05) is 5.43 Å². The highest BCUT2D eigenvalue weighted by Gasteiger charge is 2.38. The molecule has 0 unspecified atom stereocenters. The number of ether oxygens (including phenoxy) is 2. The van der Waals surface area contributed by atoms with Crippen LogP contribution in [-0.4, -0.2) is 54.2 Å². The maximum absolute atomic E-state index is 12.2. The number of rotatable bonds is 8. The molecule has 164 valence electrons. The molecule has 0 atom stereocenters. The van der Waals surface area contributed by atoms with Crippen molar-refractivity contribution in [2.45, 2.75) is 70.5 Å². The van der Waals surface area contributed by atoms with E-state index in [1.165, 1.54) is 0 Å². The Morgan fingerprint density at radius 2 is 1.52 bits per heavy atom. The van der Waals surface area contributed by atoms with Gasteiger partial charge in [-0.1, -0.05) is 6.58 Å². The van der Waals surface area contributed by atoms with Crippen LogP contribution in [0, 0.1) is 0 Å². The fraction of sp³-hybridized carbons (Fsp3) is 0.684. The highest BCUT2D eigenvalue weighted by atomic mass is 16.6. The summed E-state index contributed by atoms with van der Waals surface area (Å²) >= 11 is 0. The van der Waals surface area contributed by atoms with Gasteiger partial charge in [0.1, 0.15) is 13.2 Å². The first kappa shape index (κ1) is 24.4. The molecule has 3 amide bonds. The van der Waals surface area contributed by atoms with E-state index in [4.69, 9.17) is 4.74 Å². The summed E-state index contributed by atoms with van der Waals surface area (Å²) < 4.78 is 9.31. The molecule has 10 heteroatoms. The molecule has 0 aliphatic carbocycles. The lowest BCUT2D eigenvalue weighted by Crippen LogP contribution is -2.62. The first-order valence-corrected chi connectivity index (χ1v) is 9.52. The molecule has 1 rings (SSSR count). The Kier molecular flexibility index (Phi) is 9.09. The number of piperidine rings is 1. The highest BCUT2D eigenvalue weighted by Crippen LogP contribution is 2.28. The van der Waals surface area contributed by atoms with Crippen LogP contribution >= 0.6 is 0 Å². The van der Waals surface area contributed by atoms with E-state index < -0.39 is 18.0 Å². The van der Waals surface area contributed by atoms with Crippen molar-refractivity contribution < 1.29 is 28.7 Å². The Morgan fingerprint density at radius 1 is 0.966 bits per heavy atom. The summed E-state index contributed by atoms with van der Waals surface area (Å²) in [7, 11) is 0. The Labute approximate surface area is 171 Å². The quantitative estimate of drug-likeness (QED) is 0.199. The normalized spacial score (nSPS) is 17.5. The minimum Gasteiger partial charge on any atom is -0.459 e. The lowest BCUT2D eigenvalue weighted by atomic mass is 9.79. The van der Waals surface area contributed by atoms with Gasteiger partial charge < -0.3 is 20.1 Å². The molecule has 0 bridgehead atoms. The van der Waals surface area contributed by atoms with Gasteiger partial charge in [0.2, 0.25) is 11.8 Å². The van der Waals surface area contributed by atoms with E-state index in [1.54, 1.807) is 0 Å². The maximum Gasteiger partial charge on any atom is 0.426 e. The number of hydrazine groups is 1. The molecule has 0 radical (unpaired) electrons. The Morgan fingerprint density at radius 3 is 2.10 bits per heavy atom. The summed E-state index contributed by atoms with van der Waals surface area (Å²) in [6, 6.07) is 0.0279. The fourth-order valence-electron chi connectivity index (χ4n) is 3.51. The Balaban J connectivity index is 2.22. The van der Waals surface area contributed by atoms with Crippen LogP contribution in [0.2, 0.25) is 0 Å². The zero-order valence-electron chi connectivity index (χ0n) is 17.6. The smallest absolute Gasteiger partial charge is 0.426 e. The van der Waals surface area contributed by atoms with Crippen LogP contribution in [0.3, 0.4) is 0 Å². The summed E-state index contributed by atoms with van der Waals surface area (Å²) in [6.07, 6.45) is 1.60. The number of carbonyl (C=O) groups is 4. The van der Waals surface area contributed by atoms with Crippen LogP contribution in [0.5, 0.6) is 0 Å². The van der Waals surface area contributed by atoms with Crippen LogP contribution < -0.4 is 21.5 Å². The van der Waals surface area contributed by atoms with Crippen LogP contribution in [0.15, 0.2) is 12.7 Å². The minimum absolute atomic E-state index is 0.00481. The molecule has 1 heterocycles. The SMILES string of the molecule is C=CC(=O)OCCOC(=O)NNC(=O)CCC(=O)NC1CC(C)(C)NC(C)(C)C1. The van der Waals surface area contributed by atoms with Crippen molar-refractivity contribution in [2.75, 3.05) is 13.2 Å². The third kappa shape index (κ3) is 10.5. The molecular weight excluding hydrogens is 380 g/mol. The van der Waals surface area contributed by atoms with Crippen molar-refractivity contribution in [3.63, 3.8) is 0 Å². The number of amides is 3. The standard InChI is InChI=1S/C19H32N4O6/c1-6-16(26)28-9-10-29-17(27)22-21-15(25)8-7-14(24)20-13-11-18(2,3)23-19(4,5)12-13/h6,13,23H,1,7-12H2,2-5H3,(H,20,24)(H,21,25)(H,22,27). The highest BCUT2D eigenvalue weighted by molar-refractivity contribution is 5.84. The van der Waals surface area contributed by atoms with E-state index in [2.05, 4.69) is 55.1 Å². The molecule has 1 fully saturated rings. The van der Waals surface area contributed by atoms with Crippen molar-refractivity contribution in [3.8, 4) is 0 Å². The van der Waals surface area contributed by atoms with Crippen LogP contribution in [0.4, 0.5) is 4.79 Å². The molecule has 10 nitrogen and oxygen atoms in total. The van der Waals surface area contributed by atoms with Gasteiger partial charge in [0.05, 0.1) is 0 Å². The lowest BCUT2D eigenvalue weighted by Gasteiger charge is -2.46. The van der Waals surface area contributed by atoms with Crippen molar-refractivity contribution in [1.29, 1.82) is 0 Å². The molecule has 29 heavy (non-hydrogen) atoms. The van der Waals surface area contributed by atoms with E-state index in [9.17, 15) is 19.2 Å². The predicted octanol–water partition coefficient (Wildman–Crippen LogP) is 0.679. The van der Waals surface area contributed by atoms with Gasteiger partial charge in [0, 0.05) is 36.0 Å². The summed E-state index contributed by atoms with van der Waals surface area (Å²) in [5.74, 6) is -1.37. The fourth-order valence-corrected chi connectivity index (χ4v) is 3.51. The second-order valence-electron chi connectivity index (χ2n) is 8.25. The predicted molar refractivity (Wildman–Crippen MR) is 105 cm³/mol. The number of carbonyl (C=O) groups excluding carboxylic acids is 4. The van der Waals surface area contributed by atoms with Crippen molar-refractivity contribution in [1.82, 2.24) is 21.5 Å². The van der Waals surface area contributed by atoms with Crippen LogP contribution in [0.25, 0.3) is 0 Å². The first-order chi connectivity index (χ1) is 13.4. The van der Waals surface area contributed by atoms with Gasteiger partial charge in [-0.2, -0.15) is 0 Å². The molecule has 1 aliphatic heterocycles. The zero-order chi connectivity index (χ0) is 22.1. The first-order valence-electron chi connectivity index (χ1n) is 9.52. The molecule has 1 saturated heterocycles. The minimum atomic E-state index is -0.906. The average molecular weight is 412 g/mol. The van der Waals surface area contributed by atoms with E-state index >= 15 is 0 Å². The lowest BCUT2D eigenvalue weighted by molar-refractivity contribution is -0.138.